The molecule has 8 nitrogen and oxygen atoms in total. The second kappa shape index (κ2) is 5.40. The van der Waals surface area contributed by atoms with Gasteiger partial charge in [-0.3, -0.25) is 4.79 Å². The maximum atomic E-state index is 13.1. The molecule has 0 aliphatic carbocycles. The molecule has 2 aromatic carbocycles. The van der Waals surface area contributed by atoms with E-state index < -0.39 is 15.4 Å². The van der Waals surface area contributed by atoms with Crippen LogP contribution < -0.4 is 5.56 Å². The van der Waals surface area contributed by atoms with E-state index in [0.717, 1.165) is 5.56 Å². The number of aromatic hydroxyl groups is 1. The first kappa shape index (κ1) is 16.3. The molecule has 0 fully saturated rings. The van der Waals surface area contributed by atoms with E-state index in [4.69, 9.17) is 0 Å². The van der Waals surface area contributed by atoms with Gasteiger partial charge in [-0.15, -0.1) is 5.10 Å². The van der Waals surface area contributed by atoms with Crippen molar-refractivity contribution in [3.05, 3.63) is 57.9 Å². The number of aromatic nitrogens is 4. The van der Waals surface area contributed by atoms with Crippen LogP contribution >= 0.6 is 0 Å². The molecule has 0 bridgehead atoms. The Labute approximate surface area is 147 Å². The Morgan fingerprint density at radius 3 is 2.65 bits per heavy atom. The number of hydrogen-bond acceptors (Lipinski definition) is 6. The number of phenols is 1. The van der Waals surface area contributed by atoms with Crippen LogP contribution in [0.25, 0.3) is 16.6 Å². The van der Waals surface area contributed by atoms with Crippen LogP contribution in [0.3, 0.4) is 0 Å². The molecule has 0 saturated carbocycles. The summed E-state index contributed by atoms with van der Waals surface area (Å²) in [5.74, 6) is -0.184. The Kier molecular flexibility index (Phi) is 3.38. The van der Waals surface area contributed by atoms with Crippen LogP contribution in [-0.4, -0.2) is 33.3 Å². The monoisotopic (exact) mass is 370 g/mol. The summed E-state index contributed by atoms with van der Waals surface area (Å²) in [6.45, 7) is 3.55. The molecule has 0 aliphatic heterocycles. The van der Waals surface area contributed by atoms with Gasteiger partial charge in [0.15, 0.2) is 5.65 Å². The Morgan fingerprint density at radius 2 is 1.92 bits per heavy atom. The van der Waals surface area contributed by atoms with Gasteiger partial charge in [0.25, 0.3) is 5.56 Å². The second-order valence-corrected chi connectivity index (χ2v) is 7.87. The molecule has 0 unspecified atom stereocenters. The third-order valence-electron chi connectivity index (χ3n) is 4.21. The summed E-state index contributed by atoms with van der Waals surface area (Å²) in [6, 6.07) is 9.35. The maximum absolute atomic E-state index is 13.1. The number of sulfone groups is 1. The Hall–Kier alpha value is -3.20. The Bertz CT molecular complexity index is 1350. The largest absolute Gasteiger partial charge is 0.506 e. The van der Waals surface area contributed by atoms with Gasteiger partial charge in [-0.1, -0.05) is 23.8 Å². The van der Waals surface area contributed by atoms with Crippen molar-refractivity contribution in [2.75, 3.05) is 0 Å². The number of para-hydroxylation sites is 1. The van der Waals surface area contributed by atoms with Gasteiger partial charge in [0, 0.05) is 0 Å². The highest BCUT2D eigenvalue weighted by atomic mass is 32.2. The molecule has 0 radical (unpaired) electrons. The fourth-order valence-corrected chi connectivity index (χ4v) is 4.50. The third kappa shape index (κ3) is 2.21. The summed E-state index contributed by atoms with van der Waals surface area (Å²) in [4.78, 5) is 16.3. The fourth-order valence-electron chi connectivity index (χ4n) is 3.02. The van der Waals surface area contributed by atoms with Crippen molar-refractivity contribution < 1.29 is 13.5 Å². The van der Waals surface area contributed by atoms with Gasteiger partial charge in [-0.25, -0.2) is 18.1 Å². The van der Waals surface area contributed by atoms with Crippen LogP contribution in [0, 0.1) is 13.8 Å². The van der Waals surface area contributed by atoms with Crippen LogP contribution in [0.15, 0.2) is 51.1 Å². The summed E-state index contributed by atoms with van der Waals surface area (Å²) in [5, 5.41) is 16.3. The predicted molar refractivity (Wildman–Crippen MR) is 94.1 cm³/mol. The molecule has 4 aromatic rings. The zero-order chi connectivity index (χ0) is 18.6. The number of fused-ring (bicyclic) bond motifs is 3. The Balaban J connectivity index is 2.09. The lowest BCUT2D eigenvalue weighted by Crippen LogP contribution is -2.12. The highest BCUT2D eigenvalue weighted by Crippen LogP contribution is 2.28. The average Bonchev–Trinajstić information content (AvgIpc) is 2.99. The van der Waals surface area contributed by atoms with Crippen molar-refractivity contribution >= 4 is 26.4 Å². The molecule has 0 spiro atoms. The van der Waals surface area contributed by atoms with Gasteiger partial charge in [-0.2, -0.15) is 4.98 Å². The zero-order valence-corrected chi connectivity index (χ0v) is 14.7. The van der Waals surface area contributed by atoms with Crippen LogP contribution in [0.5, 0.6) is 5.75 Å². The van der Waals surface area contributed by atoms with E-state index in [1.807, 2.05) is 6.92 Å². The minimum Gasteiger partial charge on any atom is -0.506 e. The summed E-state index contributed by atoms with van der Waals surface area (Å²) in [6.07, 6.45) is 0. The number of nitrogens with zero attached hydrogens (tertiary/aromatic N) is 3. The van der Waals surface area contributed by atoms with E-state index >= 15 is 0 Å². The van der Waals surface area contributed by atoms with Crippen molar-refractivity contribution in [3.8, 4) is 5.75 Å². The number of aryl methyl sites for hydroxylation is 2. The van der Waals surface area contributed by atoms with Crippen LogP contribution in [-0.2, 0) is 9.84 Å². The maximum Gasteiger partial charge on any atom is 0.281 e. The van der Waals surface area contributed by atoms with Gasteiger partial charge in [0.1, 0.15) is 11.3 Å². The van der Waals surface area contributed by atoms with Gasteiger partial charge in [-0.05, 0) is 37.6 Å². The molecule has 0 atom stereocenters. The highest BCUT2D eigenvalue weighted by molar-refractivity contribution is 7.91. The standard InChI is InChI=1S/C17H14N4O4S/c1-9-6-7-13(10(2)8-9)26(24,25)17-15-18-16(23)11-4-3-5-12(22)14(11)21(15)20-19-17/h3-8,20,22H,1-2H3. The molecule has 0 amide bonds. The van der Waals surface area contributed by atoms with Crippen molar-refractivity contribution in [1.82, 2.24) is 19.8 Å². The lowest BCUT2D eigenvalue weighted by molar-refractivity contribution is 0.479. The van der Waals surface area contributed by atoms with Gasteiger partial charge in [0.2, 0.25) is 14.9 Å². The zero-order valence-electron chi connectivity index (χ0n) is 13.9. The predicted octanol–water partition coefficient (Wildman–Crippen LogP) is 1.73. The van der Waals surface area contributed by atoms with E-state index in [-0.39, 0.29) is 32.2 Å². The fraction of sp³-hybridized carbons (Fsp3) is 0.118. The minimum atomic E-state index is -4.01. The first-order valence-electron chi connectivity index (χ1n) is 7.72. The molecule has 0 aliphatic rings. The SMILES string of the molecule is Cc1ccc(S(=O)(=O)c2n[nH]n3c2nc(=O)c2cccc(O)c23)c(C)c1. The van der Waals surface area contributed by atoms with Crippen LogP contribution in [0.1, 0.15) is 11.1 Å². The number of benzene rings is 2. The normalized spacial score (nSPS) is 12.1. The molecule has 0 saturated heterocycles. The van der Waals surface area contributed by atoms with Gasteiger partial charge >= 0.3 is 0 Å². The first-order chi connectivity index (χ1) is 12.3. The number of nitrogens with one attached hydrogen (secondary N) is 1. The van der Waals surface area contributed by atoms with Crippen molar-refractivity contribution in [3.63, 3.8) is 0 Å². The number of phenolic OH excluding ortho intramolecular Hbond substituents is 1. The lowest BCUT2D eigenvalue weighted by atomic mass is 10.2. The number of rotatable bonds is 2. The number of H-pyrrole nitrogens is 1. The molecule has 2 aromatic heterocycles. The van der Waals surface area contributed by atoms with E-state index in [0.29, 0.717) is 5.56 Å². The molecule has 132 valence electrons. The average molecular weight is 370 g/mol. The smallest absolute Gasteiger partial charge is 0.281 e. The molecular formula is C17H14N4O4S. The topological polar surface area (TPSA) is 117 Å². The van der Waals surface area contributed by atoms with E-state index in [2.05, 4.69) is 15.3 Å². The van der Waals surface area contributed by atoms with E-state index in [9.17, 15) is 18.3 Å². The third-order valence-corrected chi connectivity index (χ3v) is 6.03. The van der Waals surface area contributed by atoms with Gasteiger partial charge < -0.3 is 5.11 Å². The summed E-state index contributed by atoms with van der Waals surface area (Å²) >= 11 is 0. The van der Waals surface area contributed by atoms with E-state index in [1.54, 1.807) is 19.1 Å². The lowest BCUT2D eigenvalue weighted by Gasteiger charge is -2.07. The quantitative estimate of drug-likeness (QED) is 0.555. The minimum absolute atomic E-state index is 0.0868. The summed E-state index contributed by atoms with van der Waals surface area (Å²) in [5.41, 5.74) is 0.811. The van der Waals surface area contributed by atoms with Crippen molar-refractivity contribution in [2.24, 2.45) is 0 Å². The number of aromatic amines is 1. The summed E-state index contributed by atoms with van der Waals surface area (Å²) in [7, 11) is -4.01. The van der Waals surface area contributed by atoms with Crippen molar-refractivity contribution in [2.45, 2.75) is 23.8 Å². The first-order valence-corrected chi connectivity index (χ1v) is 9.20. The molecule has 2 heterocycles. The van der Waals surface area contributed by atoms with E-state index in [1.165, 1.54) is 28.8 Å². The molecular weight excluding hydrogens is 356 g/mol. The van der Waals surface area contributed by atoms with Crippen LogP contribution in [0.4, 0.5) is 0 Å². The molecule has 2 N–H and O–H groups in total. The van der Waals surface area contributed by atoms with Gasteiger partial charge in [0.05, 0.1) is 10.3 Å². The molecule has 9 heteroatoms. The number of hydrogen-bond donors (Lipinski definition) is 2. The van der Waals surface area contributed by atoms with Crippen LogP contribution in [0.2, 0.25) is 0 Å². The summed E-state index contributed by atoms with van der Waals surface area (Å²) < 4.78 is 27.3. The molecule has 4 rings (SSSR count). The second-order valence-electron chi connectivity index (χ2n) is 6.04. The highest BCUT2D eigenvalue weighted by Gasteiger charge is 2.28. The van der Waals surface area contributed by atoms with Crippen molar-refractivity contribution in [1.29, 1.82) is 0 Å². The Morgan fingerprint density at radius 1 is 1.15 bits per heavy atom. The molecule has 26 heavy (non-hydrogen) atoms.